The summed E-state index contributed by atoms with van der Waals surface area (Å²) in [5, 5.41) is 11.6. The van der Waals surface area contributed by atoms with Crippen molar-refractivity contribution in [1.29, 1.82) is 0 Å². The maximum Gasteiger partial charge on any atom is 0.307 e. The van der Waals surface area contributed by atoms with Gasteiger partial charge in [0.1, 0.15) is 5.82 Å². The predicted molar refractivity (Wildman–Crippen MR) is 74.6 cm³/mol. The van der Waals surface area contributed by atoms with Crippen molar-refractivity contribution < 1.29 is 19.1 Å². The number of rotatable bonds is 5. The van der Waals surface area contributed by atoms with Gasteiger partial charge in [0.15, 0.2) is 0 Å². The van der Waals surface area contributed by atoms with Crippen LogP contribution in [-0.4, -0.2) is 23.0 Å². The molecule has 0 radical (unpaired) electrons. The first kappa shape index (κ1) is 15.0. The fraction of sp³-hybridized carbons (Fsp3) is 0.429. The van der Waals surface area contributed by atoms with Crippen molar-refractivity contribution in [3.63, 3.8) is 0 Å². The second-order valence-corrected chi connectivity index (χ2v) is 6.00. The van der Waals surface area contributed by atoms with Crippen LogP contribution in [0, 0.1) is 17.7 Å². The molecule has 2 rings (SSSR count). The third-order valence-electron chi connectivity index (χ3n) is 3.36. The number of hydrogen-bond donors (Lipinski definition) is 2. The molecule has 3 atom stereocenters. The largest absolute Gasteiger partial charge is 0.481 e. The average molecular weight is 344 g/mol. The van der Waals surface area contributed by atoms with Crippen molar-refractivity contribution in [2.75, 3.05) is 0 Å². The van der Waals surface area contributed by atoms with E-state index in [1.54, 1.807) is 12.1 Å². The second-order valence-electron chi connectivity index (χ2n) is 5.15. The summed E-state index contributed by atoms with van der Waals surface area (Å²) < 4.78 is 13.5. The minimum absolute atomic E-state index is 0.130. The van der Waals surface area contributed by atoms with Crippen LogP contribution in [0.2, 0.25) is 0 Å². The number of amides is 1. The molecule has 6 heteroatoms. The van der Waals surface area contributed by atoms with E-state index >= 15 is 0 Å². The molecule has 4 nitrogen and oxygen atoms in total. The van der Waals surface area contributed by atoms with Gasteiger partial charge < -0.3 is 10.4 Å². The van der Waals surface area contributed by atoms with Gasteiger partial charge in [0.25, 0.3) is 0 Å². The van der Waals surface area contributed by atoms with Crippen LogP contribution < -0.4 is 5.32 Å². The molecule has 1 aromatic rings. The highest BCUT2D eigenvalue weighted by Crippen LogP contribution is 2.38. The van der Waals surface area contributed by atoms with Crippen LogP contribution >= 0.6 is 15.9 Å². The average Bonchev–Trinajstić information content (AvgIpc) is 3.14. The minimum atomic E-state index is -0.916. The molecule has 0 bridgehead atoms. The standard InChI is InChI=1S/C14H15BrFNO3/c1-7(4-8-2-3-12(16)11(15)5-8)17-13(18)9-6-10(9)14(19)20/h2-3,5,7,9-10H,4,6H2,1H3,(H,17,18)(H,19,20). The van der Waals surface area contributed by atoms with Gasteiger partial charge in [0.05, 0.1) is 16.3 Å². The summed E-state index contributed by atoms with van der Waals surface area (Å²) in [7, 11) is 0. The summed E-state index contributed by atoms with van der Waals surface area (Å²) >= 11 is 3.12. The molecule has 0 aliphatic heterocycles. The van der Waals surface area contributed by atoms with Gasteiger partial charge in [-0.3, -0.25) is 9.59 Å². The van der Waals surface area contributed by atoms with Gasteiger partial charge in [-0.2, -0.15) is 0 Å². The molecule has 1 aromatic carbocycles. The fourth-order valence-electron chi connectivity index (χ4n) is 2.18. The van der Waals surface area contributed by atoms with E-state index in [0.29, 0.717) is 17.3 Å². The summed E-state index contributed by atoms with van der Waals surface area (Å²) in [4.78, 5) is 22.5. The maximum absolute atomic E-state index is 13.1. The van der Waals surface area contributed by atoms with Crippen LogP contribution in [0.4, 0.5) is 4.39 Å². The van der Waals surface area contributed by atoms with Crippen LogP contribution in [0.25, 0.3) is 0 Å². The van der Waals surface area contributed by atoms with Crippen LogP contribution in [0.1, 0.15) is 18.9 Å². The van der Waals surface area contributed by atoms with E-state index in [1.807, 2.05) is 6.92 Å². The molecular formula is C14H15BrFNO3. The molecule has 1 amide bonds. The number of carbonyl (C=O) groups excluding carboxylic acids is 1. The highest BCUT2D eigenvalue weighted by molar-refractivity contribution is 9.10. The van der Waals surface area contributed by atoms with E-state index in [4.69, 9.17) is 5.11 Å². The molecule has 1 aliphatic rings. The van der Waals surface area contributed by atoms with Crippen LogP contribution in [0.5, 0.6) is 0 Å². The van der Waals surface area contributed by atoms with E-state index in [9.17, 15) is 14.0 Å². The molecule has 3 unspecified atom stereocenters. The first-order chi connectivity index (χ1) is 9.38. The second kappa shape index (κ2) is 5.91. The predicted octanol–water partition coefficient (Wildman–Crippen LogP) is 2.36. The van der Waals surface area contributed by atoms with Gasteiger partial charge in [-0.25, -0.2) is 4.39 Å². The van der Waals surface area contributed by atoms with E-state index < -0.39 is 17.8 Å². The van der Waals surface area contributed by atoms with E-state index in [2.05, 4.69) is 21.2 Å². The van der Waals surface area contributed by atoms with Crippen molar-refractivity contribution in [3.8, 4) is 0 Å². The fourth-order valence-corrected chi connectivity index (χ4v) is 2.60. The Balaban J connectivity index is 1.86. The zero-order valence-corrected chi connectivity index (χ0v) is 12.5. The Morgan fingerprint density at radius 2 is 2.20 bits per heavy atom. The number of benzene rings is 1. The number of aliphatic carboxylic acids is 1. The SMILES string of the molecule is CC(Cc1ccc(F)c(Br)c1)NC(=O)C1CC1C(=O)O. The van der Waals surface area contributed by atoms with Crippen molar-refractivity contribution in [2.24, 2.45) is 11.8 Å². The molecule has 0 heterocycles. The number of nitrogens with one attached hydrogen (secondary N) is 1. The molecule has 0 saturated heterocycles. The number of hydrogen-bond acceptors (Lipinski definition) is 2. The minimum Gasteiger partial charge on any atom is -0.481 e. The van der Waals surface area contributed by atoms with Crippen LogP contribution in [0.15, 0.2) is 22.7 Å². The number of carboxylic acids is 1. The summed E-state index contributed by atoms with van der Waals surface area (Å²) in [6.45, 7) is 1.84. The lowest BCUT2D eigenvalue weighted by molar-refractivity contribution is -0.140. The zero-order valence-electron chi connectivity index (χ0n) is 10.9. The zero-order chi connectivity index (χ0) is 14.9. The van der Waals surface area contributed by atoms with E-state index in [1.165, 1.54) is 6.07 Å². The Morgan fingerprint density at radius 1 is 1.50 bits per heavy atom. The summed E-state index contributed by atoms with van der Waals surface area (Å²) in [5.41, 5.74) is 0.900. The Labute approximate surface area is 124 Å². The van der Waals surface area contributed by atoms with Crippen molar-refractivity contribution in [1.82, 2.24) is 5.32 Å². The monoisotopic (exact) mass is 343 g/mol. The lowest BCUT2D eigenvalue weighted by Gasteiger charge is -2.14. The number of carbonyl (C=O) groups is 2. The molecule has 1 aliphatic carbocycles. The van der Waals surface area contributed by atoms with Gasteiger partial charge in [-0.1, -0.05) is 6.07 Å². The quantitative estimate of drug-likeness (QED) is 0.862. The van der Waals surface area contributed by atoms with Crippen molar-refractivity contribution >= 4 is 27.8 Å². The Kier molecular flexibility index (Phi) is 4.42. The first-order valence-corrected chi connectivity index (χ1v) is 7.15. The smallest absolute Gasteiger partial charge is 0.307 e. The van der Waals surface area contributed by atoms with E-state index in [0.717, 1.165) is 5.56 Å². The molecule has 2 N–H and O–H groups in total. The Morgan fingerprint density at radius 3 is 2.75 bits per heavy atom. The lowest BCUT2D eigenvalue weighted by atomic mass is 10.1. The number of carboxylic acid groups (broad SMARTS) is 1. The third kappa shape index (κ3) is 3.56. The molecule has 20 heavy (non-hydrogen) atoms. The molecule has 0 aromatic heterocycles. The van der Waals surface area contributed by atoms with Gasteiger partial charge in [0, 0.05) is 6.04 Å². The normalized spacial score (nSPS) is 22.1. The summed E-state index contributed by atoms with van der Waals surface area (Å²) in [6.07, 6.45) is 0.977. The third-order valence-corrected chi connectivity index (χ3v) is 3.97. The molecule has 0 spiro atoms. The number of halogens is 2. The lowest BCUT2D eigenvalue weighted by Crippen LogP contribution is -2.35. The van der Waals surface area contributed by atoms with Crippen molar-refractivity contribution in [3.05, 3.63) is 34.1 Å². The van der Waals surface area contributed by atoms with Gasteiger partial charge in [-0.05, 0) is 53.4 Å². The van der Waals surface area contributed by atoms with Gasteiger partial charge in [-0.15, -0.1) is 0 Å². The van der Waals surface area contributed by atoms with Crippen LogP contribution in [0.3, 0.4) is 0 Å². The first-order valence-electron chi connectivity index (χ1n) is 6.35. The molecule has 108 valence electrons. The Hall–Kier alpha value is -1.43. The highest BCUT2D eigenvalue weighted by Gasteiger charge is 2.48. The molecular weight excluding hydrogens is 329 g/mol. The Bertz CT molecular complexity index is 549. The van der Waals surface area contributed by atoms with E-state index in [-0.39, 0.29) is 17.8 Å². The van der Waals surface area contributed by atoms with Crippen molar-refractivity contribution in [2.45, 2.75) is 25.8 Å². The topological polar surface area (TPSA) is 66.4 Å². The maximum atomic E-state index is 13.1. The van der Waals surface area contributed by atoms with Crippen LogP contribution in [-0.2, 0) is 16.0 Å². The molecule has 1 saturated carbocycles. The van der Waals surface area contributed by atoms with Gasteiger partial charge in [0.2, 0.25) is 5.91 Å². The summed E-state index contributed by atoms with van der Waals surface area (Å²) in [5.74, 6) is -2.41. The van der Waals surface area contributed by atoms with Gasteiger partial charge >= 0.3 is 5.97 Å². The summed E-state index contributed by atoms with van der Waals surface area (Å²) in [6, 6.07) is 4.58. The highest BCUT2D eigenvalue weighted by atomic mass is 79.9. The molecule has 1 fully saturated rings.